The largest absolute Gasteiger partial charge is 0.497 e. The molecule has 1 atom stereocenters. The van der Waals surface area contributed by atoms with Crippen LogP contribution in [0.25, 0.3) is 0 Å². The topological polar surface area (TPSA) is 105 Å². The molecule has 1 saturated heterocycles. The van der Waals surface area contributed by atoms with Crippen LogP contribution in [0.2, 0.25) is 0 Å². The zero-order valence-electron chi connectivity index (χ0n) is 18.3. The molecule has 1 aliphatic rings. The quantitative estimate of drug-likeness (QED) is 0.632. The van der Waals surface area contributed by atoms with Gasteiger partial charge in [0.25, 0.3) is 15.9 Å². The van der Waals surface area contributed by atoms with Gasteiger partial charge in [-0.3, -0.25) is 14.3 Å². The van der Waals surface area contributed by atoms with E-state index in [1.165, 1.54) is 19.2 Å². The third-order valence-electron chi connectivity index (χ3n) is 5.38. The van der Waals surface area contributed by atoms with Gasteiger partial charge in [-0.1, -0.05) is 6.92 Å². The number of methoxy groups -OCH3 is 1. The lowest BCUT2D eigenvalue weighted by Gasteiger charge is -2.32. The molecule has 2 N–H and O–H groups in total. The van der Waals surface area contributed by atoms with Gasteiger partial charge in [-0.05, 0) is 67.8 Å². The van der Waals surface area contributed by atoms with Gasteiger partial charge in [0.05, 0.1) is 17.9 Å². The van der Waals surface area contributed by atoms with Crippen molar-refractivity contribution in [2.24, 2.45) is 5.92 Å². The van der Waals surface area contributed by atoms with Crippen molar-refractivity contribution in [1.82, 2.24) is 10.2 Å². The number of anilines is 1. The second kappa shape index (κ2) is 10.5. The van der Waals surface area contributed by atoms with Crippen molar-refractivity contribution in [3.8, 4) is 5.75 Å². The maximum atomic E-state index is 12.9. The molecule has 2 aromatic rings. The minimum atomic E-state index is -3.76. The lowest BCUT2D eigenvalue weighted by Crippen LogP contribution is -2.45. The Morgan fingerprint density at radius 3 is 2.41 bits per heavy atom. The van der Waals surface area contributed by atoms with E-state index < -0.39 is 10.0 Å². The molecule has 0 bridgehead atoms. The van der Waals surface area contributed by atoms with Crippen molar-refractivity contribution in [1.29, 1.82) is 0 Å². The van der Waals surface area contributed by atoms with Gasteiger partial charge in [0, 0.05) is 30.9 Å². The molecule has 2 aromatic carbocycles. The lowest BCUT2D eigenvalue weighted by molar-refractivity contribution is -0.126. The Labute approximate surface area is 189 Å². The van der Waals surface area contributed by atoms with Crippen molar-refractivity contribution >= 4 is 27.5 Å². The van der Waals surface area contributed by atoms with E-state index in [-0.39, 0.29) is 22.6 Å². The van der Waals surface area contributed by atoms with Gasteiger partial charge in [-0.2, -0.15) is 0 Å². The Morgan fingerprint density at radius 2 is 1.78 bits per heavy atom. The van der Waals surface area contributed by atoms with Crippen LogP contribution in [0.3, 0.4) is 0 Å². The van der Waals surface area contributed by atoms with Crippen LogP contribution in [0.1, 0.15) is 36.5 Å². The molecular formula is C23H29N3O5S. The predicted octanol–water partition coefficient (Wildman–Crippen LogP) is 2.87. The van der Waals surface area contributed by atoms with Crippen LogP contribution in [0.5, 0.6) is 5.75 Å². The van der Waals surface area contributed by atoms with E-state index in [2.05, 4.69) is 10.0 Å². The molecule has 1 fully saturated rings. The summed E-state index contributed by atoms with van der Waals surface area (Å²) in [5, 5.41) is 2.90. The van der Waals surface area contributed by atoms with Crippen LogP contribution >= 0.6 is 0 Å². The van der Waals surface area contributed by atoms with E-state index in [1.54, 1.807) is 41.3 Å². The molecule has 8 nitrogen and oxygen atoms in total. The maximum absolute atomic E-state index is 12.9. The molecule has 1 heterocycles. The zero-order chi connectivity index (χ0) is 23.1. The second-order valence-electron chi connectivity index (χ2n) is 7.74. The molecule has 2 amide bonds. The number of piperidine rings is 1. The van der Waals surface area contributed by atoms with Crippen LogP contribution in [0, 0.1) is 5.92 Å². The first-order chi connectivity index (χ1) is 15.3. The summed E-state index contributed by atoms with van der Waals surface area (Å²) in [6.07, 6.45) is 2.41. The SMILES string of the molecule is CCCNC(=O)[C@H]1CCCN(C(=O)c2ccc(NS(=O)(=O)c3ccc(OC)cc3)cc2)C1. The minimum absolute atomic E-state index is 0.00682. The summed E-state index contributed by atoms with van der Waals surface area (Å²) in [6, 6.07) is 12.4. The number of hydrogen-bond acceptors (Lipinski definition) is 5. The number of sulfonamides is 1. The van der Waals surface area contributed by atoms with Gasteiger partial charge in [0.15, 0.2) is 0 Å². The Hall–Kier alpha value is -3.07. The molecule has 0 aromatic heterocycles. The third-order valence-corrected chi connectivity index (χ3v) is 6.78. The minimum Gasteiger partial charge on any atom is -0.497 e. The van der Waals surface area contributed by atoms with Crippen LogP contribution in [0.4, 0.5) is 5.69 Å². The first kappa shape index (κ1) is 23.6. The number of hydrogen-bond donors (Lipinski definition) is 2. The Kier molecular flexibility index (Phi) is 7.74. The normalized spacial score (nSPS) is 16.3. The van der Waals surface area contributed by atoms with Crippen LogP contribution in [-0.2, 0) is 14.8 Å². The highest BCUT2D eigenvalue weighted by Gasteiger charge is 2.28. The van der Waals surface area contributed by atoms with Gasteiger partial charge in [-0.15, -0.1) is 0 Å². The number of nitrogens with zero attached hydrogens (tertiary/aromatic N) is 1. The molecule has 32 heavy (non-hydrogen) atoms. The Bertz CT molecular complexity index is 1040. The summed E-state index contributed by atoms with van der Waals surface area (Å²) in [6.45, 7) is 3.62. The van der Waals surface area contributed by atoms with E-state index in [0.29, 0.717) is 36.6 Å². The average Bonchev–Trinajstić information content (AvgIpc) is 2.82. The molecule has 0 aliphatic carbocycles. The highest BCUT2D eigenvalue weighted by Crippen LogP contribution is 2.22. The molecule has 0 saturated carbocycles. The highest BCUT2D eigenvalue weighted by atomic mass is 32.2. The van der Waals surface area contributed by atoms with Gasteiger partial charge in [0.2, 0.25) is 5.91 Å². The second-order valence-corrected chi connectivity index (χ2v) is 9.42. The first-order valence-corrected chi connectivity index (χ1v) is 12.2. The molecule has 0 spiro atoms. The highest BCUT2D eigenvalue weighted by molar-refractivity contribution is 7.92. The van der Waals surface area contributed by atoms with E-state index in [9.17, 15) is 18.0 Å². The number of amides is 2. The van der Waals surface area contributed by atoms with Crippen molar-refractivity contribution in [3.05, 3.63) is 54.1 Å². The number of nitrogens with one attached hydrogen (secondary N) is 2. The molecule has 9 heteroatoms. The number of carbonyl (C=O) groups excluding carboxylic acids is 2. The van der Waals surface area contributed by atoms with E-state index >= 15 is 0 Å². The molecule has 0 radical (unpaired) electrons. The predicted molar refractivity (Wildman–Crippen MR) is 122 cm³/mol. The number of ether oxygens (including phenoxy) is 1. The molecule has 1 aliphatic heterocycles. The monoisotopic (exact) mass is 459 g/mol. The maximum Gasteiger partial charge on any atom is 0.261 e. The van der Waals surface area contributed by atoms with Crippen molar-refractivity contribution in [2.75, 3.05) is 31.5 Å². The number of rotatable bonds is 8. The Morgan fingerprint density at radius 1 is 1.09 bits per heavy atom. The standard InChI is InChI=1S/C23H29N3O5S/c1-3-14-24-22(27)18-5-4-15-26(16-18)23(28)17-6-8-19(9-7-17)25-32(29,30)21-12-10-20(31-2)11-13-21/h6-13,18,25H,3-5,14-16H2,1-2H3,(H,24,27)/t18-/m0/s1. The molecule has 0 unspecified atom stereocenters. The van der Waals surface area contributed by atoms with E-state index in [1.807, 2.05) is 6.92 Å². The van der Waals surface area contributed by atoms with Gasteiger partial charge in [0.1, 0.15) is 5.75 Å². The smallest absolute Gasteiger partial charge is 0.261 e. The fourth-order valence-electron chi connectivity index (χ4n) is 3.60. The van der Waals surface area contributed by atoms with Crippen molar-refractivity contribution in [3.63, 3.8) is 0 Å². The molecular weight excluding hydrogens is 430 g/mol. The fraction of sp³-hybridized carbons (Fsp3) is 0.391. The average molecular weight is 460 g/mol. The summed E-state index contributed by atoms with van der Waals surface area (Å²) in [4.78, 5) is 27.0. The van der Waals surface area contributed by atoms with Gasteiger partial charge in [-0.25, -0.2) is 8.42 Å². The van der Waals surface area contributed by atoms with Crippen LogP contribution < -0.4 is 14.8 Å². The van der Waals surface area contributed by atoms with Gasteiger partial charge >= 0.3 is 0 Å². The summed E-state index contributed by atoms with van der Waals surface area (Å²) < 4.78 is 32.7. The number of likely N-dealkylation sites (tertiary alicyclic amines) is 1. The van der Waals surface area contributed by atoms with E-state index in [4.69, 9.17) is 4.74 Å². The van der Waals surface area contributed by atoms with E-state index in [0.717, 1.165) is 19.3 Å². The summed E-state index contributed by atoms with van der Waals surface area (Å²) in [5.41, 5.74) is 0.805. The van der Waals surface area contributed by atoms with Crippen LogP contribution in [0.15, 0.2) is 53.4 Å². The molecule has 172 valence electrons. The number of carbonyl (C=O) groups is 2. The lowest BCUT2D eigenvalue weighted by atomic mass is 9.96. The van der Waals surface area contributed by atoms with Gasteiger partial charge < -0.3 is 15.0 Å². The van der Waals surface area contributed by atoms with Crippen molar-refractivity contribution in [2.45, 2.75) is 31.1 Å². The summed E-state index contributed by atoms with van der Waals surface area (Å²) >= 11 is 0. The fourth-order valence-corrected chi connectivity index (χ4v) is 4.66. The zero-order valence-corrected chi connectivity index (χ0v) is 19.2. The third kappa shape index (κ3) is 5.79. The molecule has 3 rings (SSSR count). The summed E-state index contributed by atoms with van der Waals surface area (Å²) in [7, 11) is -2.25. The first-order valence-electron chi connectivity index (χ1n) is 10.7. The Balaban J connectivity index is 1.64. The van der Waals surface area contributed by atoms with Crippen LogP contribution in [-0.4, -0.2) is 51.9 Å². The van der Waals surface area contributed by atoms with Crippen molar-refractivity contribution < 1.29 is 22.7 Å². The summed E-state index contributed by atoms with van der Waals surface area (Å²) in [5.74, 6) is 0.194. The number of benzene rings is 2.